The number of anilines is 1. The second-order valence-corrected chi connectivity index (χ2v) is 7.01. The van der Waals surface area contributed by atoms with Gasteiger partial charge in [0.25, 0.3) is 0 Å². The smallest absolute Gasteiger partial charge is 0.238 e. The Morgan fingerprint density at radius 3 is 2.29 bits per heavy atom. The van der Waals surface area contributed by atoms with Gasteiger partial charge < -0.3 is 5.32 Å². The van der Waals surface area contributed by atoms with Gasteiger partial charge >= 0.3 is 0 Å². The Bertz CT molecular complexity index is 938. The summed E-state index contributed by atoms with van der Waals surface area (Å²) >= 11 is 0. The Hall–Kier alpha value is -2.63. The summed E-state index contributed by atoms with van der Waals surface area (Å²) in [5, 5.41) is 8.44. The maximum absolute atomic E-state index is 11.4. The highest BCUT2D eigenvalue weighted by atomic mass is 32.2. The van der Waals surface area contributed by atoms with Crippen molar-refractivity contribution in [2.24, 2.45) is 5.14 Å². The second-order valence-electron chi connectivity index (χ2n) is 5.45. The minimum Gasteiger partial charge on any atom is -0.381 e. The van der Waals surface area contributed by atoms with Gasteiger partial charge in [0.15, 0.2) is 0 Å². The third-order valence-electron chi connectivity index (χ3n) is 3.75. The van der Waals surface area contributed by atoms with Crippen LogP contribution in [0.5, 0.6) is 0 Å². The molecular weight excluding hydrogens is 320 g/mol. The Labute approximate surface area is 142 Å². The van der Waals surface area contributed by atoms with Crippen molar-refractivity contribution in [1.29, 1.82) is 0 Å². The van der Waals surface area contributed by atoms with Crippen LogP contribution in [0.3, 0.4) is 0 Å². The van der Waals surface area contributed by atoms with E-state index in [1.807, 2.05) is 36.4 Å². The molecule has 0 atom stereocenters. The van der Waals surface area contributed by atoms with E-state index in [0.717, 1.165) is 16.7 Å². The molecule has 0 radical (unpaired) electrons. The van der Waals surface area contributed by atoms with Crippen LogP contribution < -0.4 is 10.5 Å². The average molecular weight is 338 g/mol. The van der Waals surface area contributed by atoms with Crippen LogP contribution in [0, 0.1) is 0 Å². The van der Waals surface area contributed by atoms with Crippen LogP contribution in [-0.2, 0) is 16.6 Å². The number of nitrogens with two attached hydrogens (primary N) is 1. The fraction of sp³-hybridized carbons (Fsp3) is 0.0526. The molecule has 3 N–H and O–H groups in total. The van der Waals surface area contributed by atoms with Gasteiger partial charge in [0.05, 0.1) is 4.90 Å². The van der Waals surface area contributed by atoms with Crippen molar-refractivity contribution in [3.63, 3.8) is 0 Å². The molecule has 0 heterocycles. The van der Waals surface area contributed by atoms with E-state index in [-0.39, 0.29) is 4.90 Å². The van der Waals surface area contributed by atoms with Crippen molar-refractivity contribution in [2.75, 3.05) is 5.32 Å². The number of hydrogen-bond donors (Lipinski definition) is 2. The third kappa shape index (κ3) is 3.82. The van der Waals surface area contributed by atoms with Gasteiger partial charge in [-0.2, -0.15) is 0 Å². The minimum atomic E-state index is -3.70. The largest absolute Gasteiger partial charge is 0.381 e. The number of primary sulfonamides is 1. The average Bonchev–Trinajstić information content (AvgIpc) is 2.60. The van der Waals surface area contributed by atoms with E-state index in [4.69, 9.17) is 5.14 Å². The van der Waals surface area contributed by atoms with Crippen LogP contribution in [0.4, 0.5) is 5.69 Å². The van der Waals surface area contributed by atoms with Gasteiger partial charge in [-0.3, -0.25) is 0 Å². The number of nitrogens with one attached hydrogen (secondary N) is 1. The third-order valence-corrected chi connectivity index (χ3v) is 4.66. The summed E-state index contributed by atoms with van der Waals surface area (Å²) in [5.74, 6) is 0. The molecule has 0 aliphatic rings. The van der Waals surface area contributed by atoms with Gasteiger partial charge in [-0.15, -0.1) is 0 Å². The molecule has 0 amide bonds. The molecule has 0 aromatic heterocycles. The van der Waals surface area contributed by atoms with E-state index in [9.17, 15) is 8.42 Å². The zero-order valence-electron chi connectivity index (χ0n) is 13.0. The van der Waals surface area contributed by atoms with Crippen LogP contribution >= 0.6 is 0 Å². The standard InChI is InChI=1S/C19H18N2O2S/c20-24(22,23)18-11-6-10-17(13-18)21-14-16-9-4-5-12-19(16)15-7-2-1-3-8-15/h1-13,21H,14H2,(H2,20,22,23). The van der Waals surface area contributed by atoms with Gasteiger partial charge in [-0.25, -0.2) is 13.6 Å². The monoisotopic (exact) mass is 338 g/mol. The van der Waals surface area contributed by atoms with Crippen molar-refractivity contribution in [1.82, 2.24) is 0 Å². The zero-order chi connectivity index (χ0) is 17.0. The lowest BCUT2D eigenvalue weighted by Gasteiger charge is -2.12. The zero-order valence-corrected chi connectivity index (χ0v) is 13.8. The van der Waals surface area contributed by atoms with E-state index in [0.29, 0.717) is 12.2 Å². The Morgan fingerprint density at radius 2 is 1.54 bits per heavy atom. The van der Waals surface area contributed by atoms with E-state index < -0.39 is 10.0 Å². The van der Waals surface area contributed by atoms with Gasteiger partial charge in [-0.1, -0.05) is 60.7 Å². The molecule has 3 rings (SSSR count). The fourth-order valence-electron chi connectivity index (χ4n) is 2.55. The molecule has 24 heavy (non-hydrogen) atoms. The topological polar surface area (TPSA) is 72.2 Å². The van der Waals surface area contributed by atoms with Crippen molar-refractivity contribution >= 4 is 15.7 Å². The molecule has 4 nitrogen and oxygen atoms in total. The number of benzene rings is 3. The van der Waals surface area contributed by atoms with Gasteiger partial charge in [0.1, 0.15) is 0 Å². The fourth-order valence-corrected chi connectivity index (χ4v) is 3.11. The molecule has 0 aliphatic heterocycles. The molecule has 0 unspecified atom stereocenters. The van der Waals surface area contributed by atoms with Crippen molar-refractivity contribution in [3.05, 3.63) is 84.4 Å². The van der Waals surface area contributed by atoms with E-state index >= 15 is 0 Å². The number of hydrogen-bond acceptors (Lipinski definition) is 3. The number of rotatable bonds is 5. The lowest BCUT2D eigenvalue weighted by atomic mass is 10.00. The Morgan fingerprint density at radius 1 is 0.833 bits per heavy atom. The first-order chi connectivity index (χ1) is 11.5. The normalized spacial score (nSPS) is 11.2. The molecule has 0 saturated heterocycles. The molecule has 3 aromatic carbocycles. The molecule has 0 saturated carbocycles. The first kappa shape index (κ1) is 16.2. The van der Waals surface area contributed by atoms with E-state index in [1.165, 1.54) is 6.07 Å². The quantitative estimate of drug-likeness (QED) is 0.746. The molecule has 5 heteroatoms. The van der Waals surface area contributed by atoms with Gasteiger partial charge in [-0.05, 0) is 34.9 Å². The first-order valence-corrected chi connectivity index (χ1v) is 9.09. The van der Waals surface area contributed by atoms with Crippen LogP contribution in [0.1, 0.15) is 5.56 Å². The SMILES string of the molecule is NS(=O)(=O)c1cccc(NCc2ccccc2-c2ccccc2)c1. The predicted octanol–water partition coefficient (Wildman–Crippen LogP) is 3.61. The van der Waals surface area contributed by atoms with E-state index in [1.54, 1.807) is 12.1 Å². The Balaban J connectivity index is 1.84. The lowest BCUT2D eigenvalue weighted by Crippen LogP contribution is -2.12. The van der Waals surface area contributed by atoms with Crippen molar-refractivity contribution in [2.45, 2.75) is 11.4 Å². The van der Waals surface area contributed by atoms with Gasteiger partial charge in [0, 0.05) is 12.2 Å². The highest BCUT2D eigenvalue weighted by molar-refractivity contribution is 7.89. The molecular formula is C19H18N2O2S. The van der Waals surface area contributed by atoms with Crippen LogP contribution in [-0.4, -0.2) is 8.42 Å². The molecule has 3 aromatic rings. The maximum atomic E-state index is 11.4. The second kappa shape index (κ2) is 6.86. The summed E-state index contributed by atoms with van der Waals surface area (Å²) in [5.41, 5.74) is 4.13. The first-order valence-electron chi connectivity index (χ1n) is 7.54. The lowest BCUT2D eigenvalue weighted by molar-refractivity contribution is 0.598. The van der Waals surface area contributed by atoms with Gasteiger partial charge in [0.2, 0.25) is 10.0 Å². The highest BCUT2D eigenvalue weighted by Crippen LogP contribution is 2.24. The molecule has 0 spiro atoms. The summed E-state index contributed by atoms with van der Waals surface area (Å²) in [6.45, 7) is 0.582. The molecule has 122 valence electrons. The van der Waals surface area contributed by atoms with Crippen LogP contribution in [0.25, 0.3) is 11.1 Å². The predicted molar refractivity (Wildman–Crippen MR) is 97.0 cm³/mol. The highest BCUT2D eigenvalue weighted by Gasteiger charge is 2.08. The summed E-state index contributed by atoms with van der Waals surface area (Å²) in [4.78, 5) is 0.101. The van der Waals surface area contributed by atoms with Crippen molar-refractivity contribution in [3.8, 4) is 11.1 Å². The number of sulfonamides is 1. The summed E-state index contributed by atoms with van der Waals surface area (Å²) in [6, 6.07) is 24.8. The summed E-state index contributed by atoms with van der Waals surface area (Å²) < 4.78 is 22.9. The summed E-state index contributed by atoms with van der Waals surface area (Å²) in [7, 11) is -3.70. The molecule has 0 fully saturated rings. The minimum absolute atomic E-state index is 0.101. The van der Waals surface area contributed by atoms with Crippen LogP contribution in [0.2, 0.25) is 0 Å². The summed E-state index contributed by atoms with van der Waals surface area (Å²) in [6.07, 6.45) is 0. The Kier molecular flexibility index (Phi) is 4.64. The van der Waals surface area contributed by atoms with E-state index in [2.05, 4.69) is 29.6 Å². The maximum Gasteiger partial charge on any atom is 0.238 e. The van der Waals surface area contributed by atoms with Crippen molar-refractivity contribution < 1.29 is 8.42 Å². The molecule has 0 bridgehead atoms. The van der Waals surface area contributed by atoms with Crippen LogP contribution in [0.15, 0.2) is 83.8 Å². The molecule has 0 aliphatic carbocycles.